The van der Waals surface area contributed by atoms with E-state index in [-0.39, 0.29) is 11.9 Å². The van der Waals surface area contributed by atoms with Gasteiger partial charge in [-0.15, -0.1) is 11.3 Å². The number of rotatable bonds is 3. The molecular weight excluding hydrogens is 236 g/mol. The first kappa shape index (κ1) is 10.7. The lowest BCUT2D eigenvalue weighted by atomic mass is 10.2. The lowest BCUT2D eigenvalue weighted by molar-refractivity contribution is -0.121. The Hall–Kier alpha value is -1.40. The topological polar surface area (TPSA) is 58.4 Å². The molecule has 1 saturated heterocycles. The van der Waals surface area contributed by atoms with Crippen LogP contribution in [0.15, 0.2) is 17.8 Å². The molecule has 1 aliphatic heterocycles. The summed E-state index contributed by atoms with van der Waals surface area (Å²) in [5.74, 6) is 0.0597. The molecule has 0 bridgehead atoms. The molecule has 0 spiro atoms. The third kappa shape index (κ3) is 2.32. The van der Waals surface area contributed by atoms with Crippen molar-refractivity contribution >= 4 is 22.2 Å². The number of hydrogen-bond donors (Lipinski definition) is 2. The summed E-state index contributed by atoms with van der Waals surface area (Å²) in [6, 6.07) is 0.284. The van der Waals surface area contributed by atoms with Crippen molar-refractivity contribution < 1.29 is 4.79 Å². The fourth-order valence-corrected chi connectivity index (χ4v) is 2.80. The van der Waals surface area contributed by atoms with Gasteiger partial charge in [0.25, 0.3) is 0 Å². The molecule has 1 unspecified atom stereocenters. The van der Waals surface area contributed by atoms with Crippen molar-refractivity contribution in [2.75, 3.05) is 13.1 Å². The number of nitrogens with one attached hydrogen (secondary N) is 2. The van der Waals surface area contributed by atoms with Crippen molar-refractivity contribution in [3.8, 4) is 0 Å². The Morgan fingerprint density at radius 3 is 3.41 bits per heavy atom. The van der Waals surface area contributed by atoms with E-state index < -0.39 is 0 Å². The van der Waals surface area contributed by atoms with E-state index in [1.165, 1.54) is 0 Å². The molecule has 3 heterocycles. The molecule has 3 rings (SSSR count). The fraction of sp³-hybridized carbons (Fsp3) is 0.455. The van der Waals surface area contributed by atoms with E-state index in [1.807, 2.05) is 22.2 Å². The smallest absolute Gasteiger partial charge is 0.226 e. The van der Waals surface area contributed by atoms with Gasteiger partial charge in [-0.05, 0) is 13.0 Å². The van der Waals surface area contributed by atoms with Gasteiger partial charge >= 0.3 is 0 Å². The van der Waals surface area contributed by atoms with Crippen molar-refractivity contribution in [2.24, 2.45) is 0 Å². The lowest BCUT2D eigenvalue weighted by Crippen LogP contribution is -2.37. The number of carbonyl (C=O) groups excluding carboxylic acids is 1. The summed E-state index contributed by atoms with van der Waals surface area (Å²) in [4.78, 5) is 17.1. The van der Waals surface area contributed by atoms with E-state index in [4.69, 9.17) is 0 Å². The summed E-state index contributed by atoms with van der Waals surface area (Å²) in [7, 11) is 0. The van der Waals surface area contributed by atoms with E-state index in [0.717, 1.165) is 30.2 Å². The normalized spacial score (nSPS) is 19.9. The average molecular weight is 250 g/mol. The zero-order valence-electron chi connectivity index (χ0n) is 9.35. The van der Waals surface area contributed by atoms with Gasteiger partial charge in [-0.2, -0.15) is 0 Å². The molecule has 1 fully saturated rings. The van der Waals surface area contributed by atoms with Crippen LogP contribution in [0.2, 0.25) is 0 Å². The van der Waals surface area contributed by atoms with Gasteiger partial charge < -0.3 is 10.6 Å². The second kappa shape index (κ2) is 4.46. The zero-order chi connectivity index (χ0) is 11.7. The van der Waals surface area contributed by atoms with Crippen molar-refractivity contribution in [3.05, 3.63) is 23.5 Å². The monoisotopic (exact) mass is 250 g/mol. The Labute approximate surface area is 103 Å². The molecule has 2 N–H and O–H groups in total. The van der Waals surface area contributed by atoms with Crippen LogP contribution in [0.25, 0.3) is 4.96 Å². The summed E-state index contributed by atoms with van der Waals surface area (Å²) in [5, 5.41) is 8.23. The minimum atomic E-state index is 0.0597. The summed E-state index contributed by atoms with van der Waals surface area (Å²) >= 11 is 1.58. The second-order valence-electron chi connectivity index (χ2n) is 4.26. The van der Waals surface area contributed by atoms with Crippen LogP contribution in [-0.2, 0) is 11.2 Å². The second-order valence-corrected chi connectivity index (χ2v) is 5.13. The standard InChI is InChI=1S/C11H14N4OS/c16-10(13-8-1-2-12-6-8)5-9-7-15-3-4-17-11(15)14-9/h3-4,7-8,12H,1-2,5-6H2,(H,13,16). The molecule has 6 heteroatoms. The van der Waals surface area contributed by atoms with Gasteiger partial charge in [0.05, 0.1) is 12.1 Å². The average Bonchev–Trinajstić information content (AvgIpc) is 2.92. The Balaban J connectivity index is 1.62. The highest BCUT2D eigenvalue weighted by atomic mass is 32.1. The SMILES string of the molecule is O=C(Cc1cn2ccsc2n1)NC1CCNC1. The van der Waals surface area contributed by atoms with E-state index in [9.17, 15) is 4.79 Å². The van der Waals surface area contributed by atoms with Gasteiger partial charge in [-0.1, -0.05) is 0 Å². The number of imidazole rings is 1. The van der Waals surface area contributed by atoms with E-state index in [0.29, 0.717) is 6.42 Å². The summed E-state index contributed by atoms with van der Waals surface area (Å²) in [5.41, 5.74) is 0.834. The Morgan fingerprint density at radius 2 is 2.65 bits per heavy atom. The first-order valence-electron chi connectivity index (χ1n) is 5.72. The molecule has 1 atom stereocenters. The van der Waals surface area contributed by atoms with E-state index >= 15 is 0 Å². The van der Waals surface area contributed by atoms with Crippen LogP contribution in [-0.4, -0.2) is 34.4 Å². The Morgan fingerprint density at radius 1 is 1.71 bits per heavy atom. The maximum atomic E-state index is 11.8. The molecule has 90 valence electrons. The Kier molecular flexibility index (Phi) is 2.82. The highest BCUT2D eigenvalue weighted by Gasteiger charge is 2.17. The highest BCUT2D eigenvalue weighted by molar-refractivity contribution is 7.15. The number of thiazole rings is 1. The number of hydrogen-bond acceptors (Lipinski definition) is 4. The number of nitrogens with zero attached hydrogens (tertiary/aromatic N) is 2. The van der Waals surface area contributed by atoms with Crippen LogP contribution in [0.1, 0.15) is 12.1 Å². The largest absolute Gasteiger partial charge is 0.352 e. The van der Waals surface area contributed by atoms with Crippen LogP contribution in [0, 0.1) is 0 Å². The van der Waals surface area contributed by atoms with E-state index in [1.54, 1.807) is 11.3 Å². The number of fused-ring (bicyclic) bond motifs is 1. The molecule has 0 saturated carbocycles. The van der Waals surface area contributed by atoms with Crippen LogP contribution < -0.4 is 10.6 Å². The van der Waals surface area contributed by atoms with Gasteiger partial charge in [-0.25, -0.2) is 4.98 Å². The van der Waals surface area contributed by atoms with Crippen LogP contribution in [0.3, 0.4) is 0 Å². The van der Waals surface area contributed by atoms with Crippen molar-refractivity contribution in [3.63, 3.8) is 0 Å². The van der Waals surface area contributed by atoms with Gasteiger partial charge in [0, 0.05) is 30.4 Å². The quantitative estimate of drug-likeness (QED) is 0.830. The van der Waals surface area contributed by atoms with Crippen molar-refractivity contribution in [1.29, 1.82) is 0 Å². The molecule has 17 heavy (non-hydrogen) atoms. The predicted molar refractivity (Wildman–Crippen MR) is 66.2 cm³/mol. The third-order valence-corrected chi connectivity index (χ3v) is 3.68. The maximum Gasteiger partial charge on any atom is 0.226 e. The van der Waals surface area contributed by atoms with Gasteiger partial charge in [0.2, 0.25) is 5.91 Å². The molecular formula is C11H14N4OS. The van der Waals surface area contributed by atoms with Crippen molar-refractivity contribution in [1.82, 2.24) is 20.0 Å². The summed E-state index contributed by atoms with van der Waals surface area (Å²) in [6.07, 6.45) is 5.25. The molecule has 1 aliphatic rings. The van der Waals surface area contributed by atoms with Crippen molar-refractivity contribution in [2.45, 2.75) is 18.9 Å². The van der Waals surface area contributed by atoms with Gasteiger partial charge in [0.1, 0.15) is 0 Å². The Bertz CT molecular complexity index is 498. The minimum absolute atomic E-state index is 0.0597. The first-order valence-corrected chi connectivity index (χ1v) is 6.60. The molecule has 0 aromatic carbocycles. The minimum Gasteiger partial charge on any atom is -0.352 e. The number of amides is 1. The molecule has 1 amide bonds. The molecule has 5 nitrogen and oxygen atoms in total. The third-order valence-electron chi connectivity index (χ3n) is 2.91. The first-order chi connectivity index (χ1) is 8.31. The zero-order valence-corrected chi connectivity index (χ0v) is 10.2. The van der Waals surface area contributed by atoms with Gasteiger partial charge in [0.15, 0.2) is 4.96 Å². The summed E-state index contributed by atoms with van der Waals surface area (Å²) < 4.78 is 1.95. The van der Waals surface area contributed by atoms with Gasteiger partial charge in [-0.3, -0.25) is 9.20 Å². The molecule has 2 aromatic heterocycles. The fourth-order valence-electron chi connectivity index (χ4n) is 2.08. The van der Waals surface area contributed by atoms with Crippen LogP contribution in [0.4, 0.5) is 0 Å². The van der Waals surface area contributed by atoms with Crippen LogP contribution in [0.5, 0.6) is 0 Å². The highest BCUT2D eigenvalue weighted by Crippen LogP contribution is 2.11. The summed E-state index contributed by atoms with van der Waals surface area (Å²) in [6.45, 7) is 1.87. The maximum absolute atomic E-state index is 11.8. The number of aromatic nitrogens is 2. The predicted octanol–water partition coefficient (Wildman–Crippen LogP) is 0.416. The van der Waals surface area contributed by atoms with E-state index in [2.05, 4.69) is 15.6 Å². The number of carbonyl (C=O) groups is 1. The molecule has 0 aliphatic carbocycles. The van der Waals surface area contributed by atoms with Crippen LogP contribution >= 0.6 is 11.3 Å². The molecule has 0 radical (unpaired) electrons. The lowest BCUT2D eigenvalue weighted by Gasteiger charge is -2.09. The molecule has 2 aromatic rings.